The quantitative estimate of drug-likeness (QED) is 0.482. The van der Waals surface area contributed by atoms with Gasteiger partial charge in [-0.3, -0.25) is 0 Å². The van der Waals surface area contributed by atoms with Gasteiger partial charge in [-0.15, -0.1) is 6.58 Å². The predicted octanol–water partition coefficient (Wildman–Crippen LogP) is 1.60. The largest absolute Gasteiger partial charge is 0.373 e. The van der Waals surface area contributed by atoms with Crippen LogP contribution in [0.3, 0.4) is 0 Å². The van der Waals surface area contributed by atoms with Gasteiger partial charge >= 0.3 is 0 Å². The summed E-state index contributed by atoms with van der Waals surface area (Å²) < 4.78 is 5.45. The van der Waals surface area contributed by atoms with Crippen molar-refractivity contribution in [3.63, 3.8) is 0 Å². The van der Waals surface area contributed by atoms with Gasteiger partial charge in [-0.05, 0) is 17.8 Å². The summed E-state index contributed by atoms with van der Waals surface area (Å²) in [5.74, 6) is 0.801. The molecular weight excluding hydrogens is 112 g/mol. The Morgan fingerprint density at radius 1 is 1.78 bits per heavy atom. The van der Waals surface area contributed by atoms with Crippen LogP contribution in [-0.2, 0) is 4.74 Å². The van der Waals surface area contributed by atoms with Gasteiger partial charge in [0, 0.05) is 0 Å². The molecule has 1 heterocycles. The fraction of sp³-hybridized carbons (Fsp3) is 0.750. The first-order chi connectivity index (χ1) is 4.26. The second kappa shape index (κ2) is 1.40. The van der Waals surface area contributed by atoms with Gasteiger partial charge in [0.2, 0.25) is 0 Å². The maximum Gasteiger partial charge on any atom is 0.0787 e. The molecule has 0 bridgehead atoms. The van der Waals surface area contributed by atoms with Crippen molar-refractivity contribution >= 4 is 0 Å². The molecule has 0 amide bonds. The molecule has 1 saturated carbocycles. The lowest BCUT2D eigenvalue weighted by molar-refractivity contribution is 0.104. The molecule has 0 N–H and O–H groups in total. The molecule has 2 fully saturated rings. The summed E-state index contributed by atoms with van der Waals surface area (Å²) in [7, 11) is 0. The van der Waals surface area contributed by atoms with E-state index in [9.17, 15) is 0 Å². The van der Waals surface area contributed by atoms with Crippen molar-refractivity contribution in [1.82, 2.24) is 0 Å². The van der Waals surface area contributed by atoms with Crippen LogP contribution in [-0.4, -0.2) is 12.7 Å². The van der Waals surface area contributed by atoms with Crippen molar-refractivity contribution in [1.29, 1.82) is 0 Å². The highest BCUT2D eigenvalue weighted by Crippen LogP contribution is 2.59. The van der Waals surface area contributed by atoms with Crippen molar-refractivity contribution in [3.05, 3.63) is 12.7 Å². The third kappa shape index (κ3) is 0.584. The summed E-state index contributed by atoms with van der Waals surface area (Å²) in [4.78, 5) is 0. The summed E-state index contributed by atoms with van der Waals surface area (Å²) >= 11 is 0. The highest BCUT2D eigenvalue weighted by molar-refractivity contribution is 5.11. The first kappa shape index (κ1) is 5.48. The molecule has 0 spiro atoms. The molecule has 1 saturated heterocycles. The second-order valence-corrected chi connectivity index (χ2v) is 3.48. The Bertz CT molecular complexity index is 153. The zero-order valence-corrected chi connectivity index (χ0v) is 5.76. The average Bonchev–Trinajstić information content (AvgIpc) is 2.39. The van der Waals surface area contributed by atoms with E-state index in [1.54, 1.807) is 0 Å². The van der Waals surface area contributed by atoms with Crippen LogP contribution in [0.1, 0.15) is 13.3 Å². The lowest BCUT2D eigenvalue weighted by Gasteiger charge is -2.03. The minimum atomic E-state index is 0.370. The Morgan fingerprint density at radius 2 is 2.56 bits per heavy atom. The van der Waals surface area contributed by atoms with Crippen molar-refractivity contribution < 1.29 is 4.74 Å². The molecule has 2 aliphatic rings. The molecule has 0 radical (unpaired) electrons. The zero-order chi connectivity index (χ0) is 6.48. The standard InChI is InChI=1S/C8H12O/c1-3-7-6-4-8(6,2)5-9-7/h3,6-7H,1,4-5H2,2H3/t6?,7-,8-/m1/s1. The third-order valence-electron chi connectivity index (χ3n) is 2.66. The lowest BCUT2D eigenvalue weighted by atomic mass is 10.1. The summed E-state index contributed by atoms with van der Waals surface area (Å²) in [5.41, 5.74) is 0.541. The molecule has 9 heavy (non-hydrogen) atoms. The molecule has 1 aliphatic carbocycles. The minimum absolute atomic E-state index is 0.370. The molecule has 0 aromatic carbocycles. The van der Waals surface area contributed by atoms with Gasteiger partial charge in [0.05, 0.1) is 12.7 Å². The van der Waals surface area contributed by atoms with Gasteiger partial charge in [0.25, 0.3) is 0 Å². The van der Waals surface area contributed by atoms with Gasteiger partial charge in [0.15, 0.2) is 0 Å². The van der Waals surface area contributed by atoms with Crippen molar-refractivity contribution in [2.24, 2.45) is 11.3 Å². The van der Waals surface area contributed by atoms with Crippen LogP contribution < -0.4 is 0 Å². The SMILES string of the molecule is C=C[C@H]1OC[C@@]2(C)CC12. The maximum atomic E-state index is 5.45. The van der Waals surface area contributed by atoms with Crippen LogP contribution in [0, 0.1) is 11.3 Å². The van der Waals surface area contributed by atoms with E-state index in [2.05, 4.69) is 13.5 Å². The summed E-state index contributed by atoms with van der Waals surface area (Å²) in [6.07, 6.45) is 3.65. The number of hydrogen-bond donors (Lipinski definition) is 0. The highest BCUT2D eigenvalue weighted by atomic mass is 16.5. The summed E-state index contributed by atoms with van der Waals surface area (Å²) in [6, 6.07) is 0. The Labute approximate surface area is 55.7 Å². The second-order valence-electron chi connectivity index (χ2n) is 3.48. The molecule has 2 rings (SSSR count). The third-order valence-corrected chi connectivity index (χ3v) is 2.66. The van der Waals surface area contributed by atoms with E-state index in [4.69, 9.17) is 4.74 Å². The van der Waals surface area contributed by atoms with Crippen molar-refractivity contribution in [2.75, 3.05) is 6.61 Å². The average molecular weight is 124 g/mol. The zero-order valence-electron chi connectivity index (χ0n) is 5.76. The normalized spacial score (nSPS) is 54.8. The van der Waals surface area contributed by atoms with Gasteiger partial charge in [-0.1, -0.05) is 13.0 Å². The maximum absolute atomic E-state index is 5.45. The van der Waals surface area contributed by atoms with Crippen LogP contribution in [0.5, 0.6) is 0 Å². The van der Waals surface area contributed by atoms with Crippen LogP contribution >= 0.6 is 0 Å². The molecule has 3 atom stereocenters. The number of ether oxygens (including phenoxy) is 1. The van der Waals surface area contributed by atoms with E-state index in [0.29, 0.717) is 11.5 Å². The fourth-order valence-electron chi connectivity index (χ4n) is 1.76. The van der Waals surface area contributed by atoms with Crippen LogP contribution in [0.4, 0.5) is 0 Å². The first-order valence-corrected chi connectivity index (χ1v) is 3.50. The first-order valence-electron chi connectivity index (χ1n) is 3.50. The van der Waals surface area contributed by atoms with Gasteiger partial charge in [-0.2, -0.15) is 0 Å². The lowest BCUT2D eigenvalue weighted by Crippen LogP contribution is -2.04. The topological polar surface area (TPSA) is 9.23 Å². The Kier molecular flexibility index (Phi) is 0.854. The van der Waals surface area contributed by atoms with E-state index in [0.717, 1.165) is 12.5 Å². The van der Waals surface area contributed by atoms with Crippen molar-refractivity contribution in [2.45, 2.75) is 19.4 Å². The molecule has 1 nitrogen and oxygen atoms in total. The van der Waals surface area contributed by atoms with E-state index >= 15 is 0 Å². The predicted molar refractivity (Wildman–Crippen MR) is 36.2 cm³/mol. The minimum Gasteiger partial charge on any atom is -0.373 e. The number of hydrogen-bond acceptors (Lipinski definition) is 1. The van der Waals surface area contributed by atoms with Crippen molar-refractivity contribution in [3.8, 4) is 0 Å². The van der Waals surface area contributed by atoms with E-state index in [1.165, 1.54) is 6.42 Å². The highest BCUT2D eigenvalue weighted by Gasteiger charge is 2.58. The molecule has 50 valence electrons. The Morgan fingerprint density at radius 3 is 2.78 bits per heavy atom. The van der Waals surface area contributed by atoms with Gasteiger partial charge in [0.1, 0.15) is 0 Å². The molecule has 1 aliphatic heterocycles. The van der Waals surface area contributed by atoms with E-state index in [-0.39, 0.29) is 0 Å². The van der Waals surface area contributed by atoms with Crippen LogP contribution in [0.2, 0.25) is 0 Å². The number of rotatable bonds is 1. The molecule has 1 unspecified atom stereocenters. The number of fused-ring (bicyclic) bond motifs is 1. The summed E-state index contributed by atoms with van der Waals surface area (Å²) in [6.45, 7) is 6.97. The smallest absolute Gasteiger partial charge is 0.0787 e. The van der Waals surface area contributed by atoms with Gasteiger partial charge in [-0.25, -0.2) is 0 Å². The van der Waals surface area contributed by atoms with Crippen LogP contribution in [0.25, 0.3) is 0 Å². The Hall–Kier alpha value is -0.300. The fourth-order valence-corrected chi connectivity index (χ4v) is 1.76. The molecule has 1 heteroatoms. The molecule has 0 aromatic rings. The Balaban J connectivity index is 2.12. The molecule has 0 aromatic heterocycles. The summed E-state index contributed by atoms with van der Waals surface area (Å²) in [5, 5.41) is 0. The van der Waals surface area contributed by atoms with E-state index in [1.807, 2.05) is 6.08 Å². The molecular formula is C8H12O. The van der Waals surface area contributed by atoms with E-state index < -0.39 is 0 Å². The monoisotopic (exact) mass is 124 g/mol. The van der Waals surface area contributed by atoms with Gasteiger partial charge < -0.3 is 4.74 Å². The van der Waals surface area contributed by atoms with Crippen LogP contribution in [0.15, 0.2) is 12.7 Å².